The van der Waals surface area contributed by atoms with Crippen LogP contribution in [0.2, 0.25) is 5.02 Å². The monoisotopic (exact) mass is 305 g/mol. The summed E-state index contributed by atoms with van der Waals surface area (Å²) in [5, 5.41) is 22.0. The topological polar surface area (TPSA) is 69.6 Å². The highest BCUT2D eigenvalue weighted by Gasteiger charge is 2.13. The molecule has 3 N–H and O–H groups in total. The van der Waals surface area contributed by atoms with E-state index in [1.165, 1.54) is 0 Å². The molecule has 0 spiro atoms. The van der Waals surface area contributed by atoms with Crippen molar-refractivity contribution in [2.45, 2.75) is 12.5 Å². The number of rotatable bonds is 5. The fourth-order valence-corrected chi connectivity index (χ4v) is 2.07. The van der Waals surface area contributed by atoms with Gasteiger partial charge in [0.25, 0.3) is 5.91 Å². The van der Waals surface area contributed by atoms with E-state index in [2.05, 4.69) is 5.32 Å². The molecule has 1 unspecified atom stereocenters. The first-order valence-electron chi connectivity index (χ1n) is 6.53. The summed E-state index contributed by atoms with van der Waals surface area (Å²) < 4.78 is 0. The number of aromatic hydroxyl groups is 1. The van der Waals surface area contributed by atoms with Crippen molar-refractivity contribution in [3.63, 3.8) is 0 Å². The molecule has 2 rings (SSSR count). The van der Waals surface area contributed by atoms with Gasteiger partial charge in [-0.15, -0.1) is 0 Å². The molecular formula is C16H16ClNO3. The normalized spacial score (nSPS) is 11.9. The lowest BCUT2D eigenvalue weighted by Gasteiger charge is -2.16. The highest BCUT2D eigenvalue weighted by molar-refractivity contribution is 6.30. The van der Waals surface area contributed by atoms with E-state index in [4.69, 9.17) is 11.6 Å². The number of phenolic OH excluding ortho intramolecular Hbond substituents is 1. The molecule has 1 atom stereocenters. The zero-order valence-corrected chi connectivity index (χ0v) is 12.0. The fraction of sp³-hybridized carbons (Fsp3) is 0.188. The third kappa shape index (κ3) is 4.48. The van der Waals surface area contributed by atoms with Gasteiger partial charge in [0.1, 0.15) is 5.75 Å². The molecule has 0 heterocycles. The average Bonchev–Trinajstić information content (AvgIpc) is 2.49. The molecule has 0 saturated heterocycles. The van der Waals surface area contributed by atoms with Crippen molar-refractivity contribution in [1.82, 2.24) is 5.32 Å². The number of hydrogen-bond donors (Lipinski definition) is 3. The summed E-state index contributed by atoms with van der Waals surface area (Å²) in [6.45, 7) is -0.166. The van der Waals surface area contributed by atoms with E-state index in [1.54, 1.807) is 48.5 Å². The zero-order valence-electron chi connectivity index (χ0n) is 11.3. The lowest BCUT2D eigenvalue weighted by atomic mass is 10.1. The first kappa shape index (κ1) is 15.4. The highest BCUT2D eigenvalue weighted by Crippen LogP contribution is 2.12. The Morgan fingerprint density at radius 3 is 2.29 bits per heavy atom. The number of amides is 1. The Morgan fingerprint density at radius 1 is 1.10 bits per heavy atom. The van der Waals surface area contributed by atoms with Crippen LogP contribution in [-0.2, 0) is 6.42 Å². The van der Waals surface area contributed by atoms with Crippen molar-refractivity contribution < 1.29 is 15.0 Å². The molecule has 0 aliphatic heterocycles. The Kier molecular flexibility index (Phi) is 5.20. The summed E-state index contributed by atoms with van der Waals surface area (Å²) in [7, 11) is 0. The second-order valence-electron chi connectivity index (χ2n) is 4.73. The van der Waals surface area contributed by atoms with Crippen LogP contribution in [0.15, 0.2) is 48.5 Å². The van der Waals surface area contributed by atoms with Gasteiger partial charge in [0.15, 0.2) is 0 Å². The van der Waals surface area contributed by atoms with E-state index >= 15 is 0 Å². The maximum atomic E-state index is 12.1. The van der Waals surface area contributed by atoms with Crippen LogP contribution >= 0.6 is 11.6 Å². The van der Waals surface area contributed by atoms with Crippen molar-refractivity contribution in [3.8, 4) is 5.75 Å². The third-order valence-corrected chi connectivity index (χ3v) is 3.33. The molecule has 2 aromatic carbocycles. The quantitative estimate of drug-likeness (QED) is 0.794. The number of aliphatic hydroxyl groups excluding tert-OH is 1. The van der Waals surface area contributed by atoms with Crippen LogP contribution in [0.25, 0.3) is 0 Å². The van der Waals surface area contributed by atoms with Crippen LogP contribution in [0.5, 0.6) is 5.75 Å². The SMILES string of the molecule is O=C(NC(CO)Cc1ccc(O)cc1)c1ccc(Cl)cc1. The molecule has 0 bridgehead atoms. The van der Waals surface area contributed by atoms with Crippen molar-refractivity contribution in [1.29, 1.82) is 0 Å². The van der Waals surface area contributed by atoms with Gasteiger partial charge in [-0.05, 0) is 48.4 Å². The minimum absolute atomic E-state index is 0.166. The second-order valence-corrected chi connectivity index (χ2v) is 5.17. The van der Waals surface area contributed by atoms with E-state index in [0.717, 1.165) is 5.56 Å². The fourth-order valence-electron chi connectivity index (χ4n) is 1.95. The zero-order chi connectivity index (χ0) is 15.2. The summed E-state index contributed by atoms with van der Waals surface area (Å²) >= 11 is 5.78. The Morgan fingerprint density at radius 2 is 1.71 bits per heavy atom. The van der Waals surface area contributed by atoms with E-state index < -0.39 is 6.04 Å². The smallest absolute Gasteiger partial charge is 0.251 e. The van der Waals surface area contributed by atoms with E-state index in [9.17, 15) is 15.0 Å². The minimum atomic E-state index is -0.391. The van der Waals surface area contributed by atoms with Gasteiger partial charge in [-0.3, -0.25) is 4.79 Å². The number of carbonyl (C=O) groups excluding carboxylic acids is 1. The number of halogens is 1. The minimum Gasteiger partial charge on any atom is -0.508 e. The van der Waals surface area contributed by atoms with Gasteiger partial charge >= 0.3 is 0 Å². The Balaban J connectivity index is 1.99. The van der Waals surface area contributed by atoms with Crippen LogP contribution in [0.1, 0.15) is 15.9 Å². The summed E-state index contributed by atoms with van der Waals surface area (Å²) in [5.74, 6) is -0.0750. The number of phenols is 1. The Labute approximate surface area is 128 Å². The number of nitrogens with one attached hydrogen (secondary N) is 1. The molecule has 110 valence electrons. The van der Waals surface area contributed by atoms with Crippen molar-refractivity contribution >= 4 is 17.5 Å². The predicted molar refractivity (Wildman–Crippen MR) is 81.6 cm³/mol. The molecule has 0 saturated carbocycles. The lowest BCUT2D eigenvalue weighted by Crippen LogP contribution is -2.39. The molecule has 4 nitrogen and oxygen atoms in total. The first-order chi connectivity index (χ1) is 10.1. The van der Waals surface area contributed by atoms with E-state index in [1.807, 2.05) is 0 Å². The van der Waals surface area contributed by atoms with Crippen LogP contribution < -0.4 is 5.32 Å². The van der Waals surface area contributed by atoms with Gasteiger partial charge in [0, 0.05) is 10.6 Å². The van der Waals surface area contributed by atoms with Crippen molar-refractivity contribution in [2.75, 3.05) is 6.61 Å². The molecule has 0 aromatic heterocycles. The first-order valence-corrected chi connectivity index (χ1v) is 6.91. The molecule has 0 radical (unpaired) electrons. The van der Waals surface area contributed by atoms with Gasteiger partial charge in [0.05, 0.1) is 12.6 Å². The molecule has 1 amide bonds. The highest BCUT2D eigenvalue weighted by atomic mass is 35.5. The molecule has 0 fully saturated rings. The second kappa shape index (κ2) is 7.11. The summed E-state index contributed by atoms with van der Waals surface area (Å²) in [5.41, 5.74) is 1.41. The van der Waals surface area contributed by atoms with Crippen LogP contribution in [0.3, 0.4) is 0 Å². The average molecular weight is 306 g/mol. The van der Waals surface area contributed by atoms with Gasteiger partial charge in [-0.1, -0.05) is 23.7 Å². The standard InChI is InChI=1S/C16H16ClNO3/c17-13-5-3-12(4-6-13)16(21)18-14(10-19)9-11-1-7-15(20)8-2-11/h1-8,14,19-20H,9-10H2,(H,18,21). The van der Waals surface area contributed by atoms with Crippen LogP contribution in [0.4, 0.5) is 0 Å². The third-order valence-electron chi connectivity index (χ3n) is 3.08. The van der Waals surface area contributed by atoms with Gasteiger partial charge < -0.3 is 15.5 Å². The van der Waals surface area contributed by atoms with Gasteiger partial charge in [-0.25, -0.2) is 0 Å². The van der Waals surface area contributed by atoms with Crippen molar-refractivity contribution in [2.24, 2.45) is 0 Å². The summed E-state index contributed by atoms with van der Waals surface area (Å²) in [6, 6.07) is 12.8. The molecule has 0 aliphatic rings. The maximum Gasteiger partial charge on any atom is 0.251 e. The van der Waals surface area contributed by atoms with E-state index in [0.29, 0.717) is 17.0 Å². The number of benzene rings is 2. The largest absolute Gasteiger partial charge is 0.508 e. The lowest BCUT2D eigenvalue weighted by molar-refractivity contribution is 0.0916. The molecule has 0 aliphatic carbocycles. The van der Waals surface area contributed by atoms with Crippen molar-refractivity contribution in [3.05, 3.63) is 64.7 Å². The molecular weight excluding hydrogens is 290 g/mol. The van der Waals surface area contributed by atoms with Gasteiger partial charge in [-0.2, -0.15) is 0 Å². The number of aliphatic hydroxyl groups is 1. The number of carbonyl (C=O) groups is 1. The maximum absolute atomic E-state index is 12.1. The molecule has 5 heteroatoms. The summed E-state index contributed by atoms with van der Waals surface area (Å²) in [6.07, 6.45) is 0.482. The van der Waals surface area contributed by atoms with Crippen LogP contribution in [-0.4, -0.2) is 28.8 Å². The molecule has 21 heavy (non-hydrogen) atoms. The Bertz CT molecular complexity index is 596. The van der Waals surface area contributed by atoms with E-state index in [-0.39, 0.29) is 18.3 Å². The Hall–Kier alpha value is -2.04. The predicted octanol–water partition coefficient (Wildman–Crippen LogP) is 2.38. The molecule has 2 aromatic rings. The van der Waals surface area contributed by atoms with Gasteiger partial charge in [0.2, 0.25) is 0 Å². The van der Waals surface area contributed by atoms with Crippen LogP contribution in [0, 0.1) is 0 Å². The number of hydrogen-bond acceptors (Lipinski definition) is 3. The summed E-state index contributed by atoms with van der Waals surface area (Å²) in [4.78, 5) is 12.1.